The van der Waals surface area contributed by atoms with Gasteiger partial charge in [0.2, 0.25) is 0 Å². The zero-order valence-electron chi connectivity index (χ0n) is 27.0. The van der Waals surface area contributed by atoms with Gasteiger partial charge in [-0.25, -0.2) is 9.59 Å². The van der Waals surface area contributed by atoms with Gasteiger partial charge in [-0.2, -0.15) is 0 Å². The van der Waals surface area contributed by atoms with Crippen molar-refractivity contribution >= 4 is 24.6 Å². The Morgan fingerprint density at radius 2 is 1.39 bits per heavy atom. The molecule has 0 radical (unpaired) electrons. The molecule has 44 heavy (non-hydrogen) atoms. The molecule has 1 fully saturated rings. The van der Waals surface area contributed by atoms with Crippen molar-refractivity contribution in [2.75, 3.05) is 7.05 Å². The highest BCUT2D eigenvalue weighted by Gasteiger charge is 2.52. The molecule has 0 aromatic heterocycles. The fourth-order valence-electron chi connectivity index (χ4n) is 5.09. The fourth-order valence-corrected chi connectivity index (χ4v) is 5.09. The fraction of sp³-hybridized carbons (Fsp3) is 0.429. The molecular formula is C35H44BNO7. The molecule has 1 heterocycles. The summed E-state index contributed by atoms with van der Waals surface area (Å²) in [5, 5.41) is 10.9. The maximum atomic E-state index is 13.5. The maximum Gasteiger partial charge on any atom is 0.494 e. The molecule has 4 rings (SSSR count). The van der Waals surface area contributed by atoms with Crippen molar-refractivity contribution in [3.63, 3.8) is 0 Å². The number of ether oxygens (including phenoxy) is 2. The van der Waals surface area contributed by atoms with Crippen molar-refractivity contribution in [3.05, 3.63) is 95.6 Å². The Balaban J connectivity index is 1.81. The van der Waals surface area contributed by atoms with Crippen molar-refractivity contribution in [2.45, 2.75) is 90.3 Å². The van der Waals surface area contributed by atoms with E-state index in [2.05, 4.69) is 0 Å². The van der Waals surface area contributed by atoms with Crippen molar-refractivity contribution in [1.82, 2.24) is 4.90 Å². The summed E-state index contributed by atoms with van der Waals surface area (Å²) in [5.41, 5.74) is -0.601. The number of nitrogens with zero attached hydrogens (tertiary/aromatic N) is 1. The Kier molecular flexibility index (Phi) is 9.52. The van der Waals surface area contributed by atoms with Crippen LogP contribution in [0.1, 0.15) is 65.2 Å². The smallest absolute Gasteiger partial charge is 0.489 e. The minimum atomic E-state index is -1.72. The second-order valence-corrected chi connectivity index (χ2v) is 13.4. The van der Waals surface area contributed by atoms with Crippen LogP contribution in [0.5, 0.6) is 5.75 Å². The number of likely N-dealkylation sites (N-methyl/N-ethyl adjacent to an activating group) is 1. The van der Waals surface area contributed by atoms with Crippen molar-refractivity contribution in [3.8, 4) is 5.75 Å². The molecule has 8 nitrogen and oxygen atoms in total. The molecule has 0 spiro atoms. The van der Waals surface area contributed by atoms with Crippen LogP contribution in [-0.4, -0.2) is 58.6 Å². The minimum Gasteiger partial charge on any atom is -0.489 e. The zero-order valence-corrected chi connectivity index (χ0v) is 27.0. The summed E-state index contributed by atoms with van der Waals surface area (Å²) in [6, 6.07) is 24.6. The van der Waals surface area contributed by atoms with Gasteiger partial charge in [0.25, 0.3) is 0 Å². The molecule has 0 bridgehead atoms. The van der Waals surface area contributed by atoms with E-state index in [0.717, 1.165) is 16.6 Å². The van der Waals surface area contributed by atoms with Gasteiger partial charge in [0.05, 0.1) is 11.2 Å². The number of carboxylic acids is 1. The molecule has 0 saturated carbocycles. The number of rotatable bonds is 10. The first-order valence-electron chi connectivity index (χ1n) is 14.9. The first kappa shape index (κ1) is 33.1. The van der Waals surface area contributed by atoms with Gasteiger partial charge in [0.1, 0.15) is 18.0 Å². The Labute approximate surface area is 261 Å². The van der Waals surface area contributed by atoms with Crippen molar-refractivity contribution in [2.24, 2.45) is 0 Å². The summed E-state index contributed by atoms with van der Waals surface area (Å²) in [5.74, 6) is -0.657. The molecular weight excluding hydrogens is 557 g/mol. The van der Waals surface area contributed by atoms with Gasteiger partial charge < -0.3 is 23.9 Å². The van der Waals surface area contributed by atoms with Gasteiger partial charge >= 0.3 is 19.2 Å². The molecule has 1 aliphatic heterocycles. The Hall–Kier alpha value is -3.82. The highest BCUT2D eigenvalue weighted by molar-refractivity contribution is 6.62. The second-order valence-electron chi connectivity index (χ2n) is 13.4. The Morgan fingerprint density at radius 1 is 0.841 bits per heavy atom. The van der Waals surface area contributed by atoms with Crippen LogP contribution in [0.25, 0.3) is 0 Å². The molecule has 3 aromatic rings. The summed E-state index contributed by atoms with van der Waals surface area (Å²) >= 11 is 0. The lowest BCUT2D eigenvalue weighted by atomic mass is 9.76. The molecule has 0 aliphatic carbocycles. The molecule has 9 heteroatoms. The predicted molar refractivity (Wildman–Crippen MR) is 171 cm³/mol. The van der Waals surface area contributed by atoms with Gasteiger partial charge in [-0.3, -0.25) is 4.90 Å². The third-order valence-electron chi connectivity index (χ3n) is 8.38. The van der Waals surface area contributed by atoms with Gasteiger partial charge in [0.15, 0.2) is 5.54 Å². The highest BCUT2D eigenvalue weighted by atomic mass is 16.7. The van der Waals surface area contributed by atoms with E-state index in [0.29, 0.717) is 11.3 Å². The summed E-state index contributed by atoms with van der Waals surface area (Å²) in [6.07, 6.45) is -0.757. The largest absolute Gasteiger partial charge is 0.494 e. The number of benzene rings is 3. The number of carboxylic acid groups (broad SMARTS) is 1. The summed E-state index contributed by atoms with van der Waals surface area (Å²) < 4.78 is 24.6. The van der Waals surface area contributed by atoms with Crippen LogP contribution in [0.3, 0.4) is 0 Å². The summed E-state index contributed by atoms with van der Waals surface area (Å²) in [7, 11) is 0.812. The van der Waals surface area contributed by atoms with E-state index < -0.39 is 41.5 Å². The van der Waals surface area contributed by atoms with Crippen LogP contribution >= 0.6 is 0 Å². The van der Waals surface area contributed by atoms with Crippen LogP contribution < -0.4 is 10.2 Å². The van der Waals surface area contributed by atoms with E-state index in [-0.39, 0.29) is 19.4 Å². The lowest BCUT2D eigenvalue weighted by Gasteiger charge is -2.39. The zero-order chi connectivity index (χ0) is 32.3. The van der Waals surface area contributed by atoms with Crippen molar-refractivity contribution < 1.29 is 33.5 Å². The molecule has 234 valence electrons. The first-order valence-corrected chi connectivity index (χ1v) is 14.9. The molecule has 1 amide bonds. The quantitative estimate of drug-likeness (QED) is 0.283. The number of carbonyl (C=O) groups is 2. The van der Waals surface area contributed by atoms with Crippen LogP contribution in [0.15, 0.2) is 78.9 Å². The average molecular weight is 602 g/mol. The lowest BCUT2D eigenvalue weighted by molar-refractivity contribution is -0.150. The van der Waals surface area contributed by atoms with E-state index in [1.54, 1.807) is 20.8 Å². The van der Waals surface area contributed by atoms with E-state index in [9.17, 15) is 14.7 Å². The van der Waals surface area contributed by atoms with Crippen LogP contribution in [-0.2, 0) is 38.3 Å². The molecule has 1 aliphatic rings. The second kappa shape index (κ2) is 12.7. The maximum absolute atomic E-state index is 13.5. The summed E-state index contributed by atoms with van der Waals surface area (Å²) in [6.45, 7) is 13.5. The van der Waals surface area contributed by atoms with Crippen LogP contribution in [0.4, 0.5) is 4.79 Å². The van der Waals surface area contributed by atoms with Crippen LogP contribution in [0, 0.1) is 0 Å². The third kappa shape index (κ3) is 7.45. The number of aliphatic carboxylic acids is 1. The Morgan fingerprint density at radius 3 is 1.91 bits per heavy atom. The minimum absolute atomic E-state index is 0.0394. The third-order valence-corrected chi connectivity index (χ3v) is 8.38. The molecule has 1 saturated heterocycles. The average Bonchev–Trinajstić information content (AvgIpc) is 3.17. The summed E-state index contributed by atoms with van der Waals surface area (Å²) in [4.78, 5) is 28.1. The standard InChI is InChI=1S/C35H44BNO7/c1-32(2,3)42-31(40)37(8)35(30(38)39,22-25-15-11-9-12-16-25)23-27-21-28(36-43-33(4,5)34(6,7)44-36)19-20-29(27)41-24-26-17-13-10-14-18-26/h9-21H,22-24H2,1-8H3,(H,38,39)/t35-/m0/s1. The van der Waals surface area contributed by atoms with Gasteiger partial charge in [-0.15, -0.1) is 0 Å². The number of hydrogen-bond acceptors (Lipinski definition) is 6. The SMILES string of the molecule is CN(C(=O)OC(C)(C)C)[C@@](Cc1ccccc1)(Cc1cc(B2OC(C)(C)C(C)(C)O2)ccc1OCc1ccccc1)C(=O)O. The molecule has 0 unspecified atom stereocenters. The van der Waals surface area contributed by atoms with E-state index in [1.807, 2.05) is 107 Å². The topological polar surface area (TPSA) is 94.5 Å². The monoisotopic (exact) mass is 601 g/mol. The van der Waals surface area contributed by atoms with Crippen LogP contribution in [0.2, 0.25) is 0 Å². The van der Waals surface area contributed by atoms with Gasteiger partial charge in [0, 0.05) is 19.9 Å². The predicted octanol–water partition coefficient (Wildman–Crippen LogP) is 6.04. The van der Waals surface area contributed by atoms with E-state index in [1.165, 1.54) is 11.9 Å². The molecule has 3 aromatic carbocycles. The number of carbonyl (C=O) groups excluding carboxylic acids is 1. The lowest BCUT2D eigenvalue weighted by Crippen LogP contribution is -2.59. The Bertz CT molecular complexity index is 1440. The first-order chi connectivity index (χ1) is 20.5. The van der Waals surface area contributed by atoms with E-state index >= 15 is 0 Å². The highest BCUT2D eigenvalue weighted by Crippen LogP contribution is 2.37. The molecule has 1 atom stereocenters. The normalized spacial score (nSPS) is 17.0. The van der Waals surface area contributed by atoms with E-state index in [4.69, 9.17) is 18.8 Å². The van der Waals surface area contributed by atoms with Gasteiger partial charge in [-0.05, 0) is 76.7 Å². The van der Waals surface area contributed by atoms with Crippen molar-refractivity contribution in [1.29, 1.82) is 0 Å². The number of hydrogen-bond donors (Lipinski definition) is 1. The molecule has 1 N–H and O–H groups in total. The number of amides is 1. The van der Waals surface area contributed by atoms with Gasteiger partial charge in [-0.1, -0.05) is 72.8 Å².